The third-order valence-electron chi connectivity index (χ3n) is 1.53. The zero-order chi connectivity index (χ0) is 10.0. The average molecular weight is 205 g/mol. The first-order chi connectivity index (χ1) is 6.02. The molecule has 0 aromatic heterocycles. The SMILES string of the molecule is Nc1ccc(C(=O)O)cc1C(=O)O.[NaH]. The molecule has 0 unspecified atom stereocenters. The molecule has 1 aromatic carbocycles. The molecule has 70 valence electrons. The van der Waals surface area contributed by atoms with Gasteiger partial charge in [-0.25, -0.2) is 9.59 Å². The Balaban J connectivity index is 0.00000169. The molecule has 0 radical (unpaired) electrons. The Morgan fingerprint density at radius 3 is 2.14 bits per heavy atom. The molecule has 0 bridgehead atoms. The Bertz CT molecular complexity index is 378. The Labute approximate surface area is 102 Å². The van der Waals surface area contributed by atoms with Crippen LogP contribution < -0.4 is 5.73 Å². The van der Waals surface area contributed by atoms with Gasteiger partial charge < -0.3 is 15.9 Å². The molecular formula is C8H8NNaO4. The minimum absolute atomic E-state index is 0. The standard InChI is InChI=1S/C8H7NO4.Na.H/c9-6-2-1-4(7(10)11)3-5(6)8(12)13;;/h1-3H,9H2,(H,10,11)(H,12,13);;. The van der Waals surface area contributed by atoms with Crippen LogP contribution >= 0.6 is 0 Å². The third kappa shape index (κ3) is 2.73. The fraction of sp³-hybridized carbons (Fsp3) is 0. The predicted octanol–water partition coefficient (Wildman–Crippen LogP) is 0.0167. The van der Waals surface area contributed by atoms with Gasteiger partial charge in [-0.1, -0.05) is 0 Å². The molecule has 4 N–H and O–H groups in total. The van der Waals surface area contributed by atoms with Crippen LogP contribution in [-0.2, 0) is 0 Å². The maximum absolute atomic E-state index is 10.5. The molecule has 0 amide bonds. The zero-order valence-corrected chi connectivity index (χ0v) is 6.52. The van der Waals surface area contributed by atoms with Crippen molar-refractivity contribution >= 4 is 47.2 Å². The summed E-state index contributed by atoms with van der Waals surface area (Å²) in [7, 11) is 0. The normalized spacial score (nSPS) is 8.86. The first kappa shape index (κ1) is 13.0. The molecule has 0 heterocycles. The molecule has 1 aromatic rings. The van der Waals surface area contributed by atoms with E-state index in [1.54, 1.807) is 0 Å². The second-order valence-electron chi connectivity index (χ2n) is 2.41. The van der Waals surface area contributed by atoms with Crippen molar-refractivity contribution in [3.8, 4) is 0 Å². The molecule has 0 saturated heterocycles. The molecular weight excluding hydrogens is 197 g/mol. The van der Waals surface area contributed by atoms with Crippen molar-refractivity contribution in [3.63, 3.8) is 0 Å². The van der Waals surface area contributed by atoms with Gasteiger partial charge in [0.1, 0.15) is 0 Å². The van der Waals surface area contributed by atoms with Crippen LogP contribution in [0.15, 0.2) is 18.2 Å². The van der Waals surface area contributed by atoms with Crippen molar-refractivity contribution < 1.29 is 19.8 Å². The number of nitrogen functional groups attached to an aromatic ring is 1. The number of hydrogen-bond donors (Lipinski definition) is 3. The Hall–Kier alpha value is -1.04. The van der Waals surface area contributed by atoms with Crippen molar-refractivity contribution in [1.82, 2.24) is 0 Å². The molecule has 0 atom stereocenters. The summed E-state index contributed by atoms with van der Waals surface area (Å²) in [6.07, 6.45) is 0. The number of benzene rings is 1. The van der Waals surface area contributed by atoms with E-state index in [-0.39, 0.29) is 46.4 Å². The topological polar surface area (TPSA) is 101 Å². The van der Waals surface area contributed by atoms with Gasteiger partial charge in [-0.05, 0) is 18.2 Å². The number of carboxylic acid groups (broad SMARTS) is 2. The summed E-state index contributed by atoms with van der Waals surface area (Å²) in [5.41, 5.74) is 5.08. The second-order valence-corrected chi connectivity index (χ2v) is 2.41. The van der Waals surface area contributed by atoms with Crippen molar-refractivity contribution in [2.24, 2.45) is 0 Å². The maximum atomic E-state index is 10.5. The first-order valence-corrected chi connectivity index (χ1v) is 3.38. The van der Waals surface area contributed by atoms with Crippen LogP contribution in [0.4, 0.5) is 5.69 Å². The van der Waals surface area contributed by atoms with Crippen LogP contribution in [0.5, 0.6) is 0 Å². The summed E-state index contributed by atoms with van der Waals surface area (Å²) in [6, 6.07) is 3.54. The number of carboxylic acids is 2. The van der Waals surface area contributed by atoms with E-state index >= 15 is 0 Å². The van der Waals surface area contributed by atoms with E-state index in [1.165, 1.54) is 12.1 Å². The van der Waals surface area contributed by atoms with Gasteiger partial charge in [-0.15, -0.1) is 0 Å². The summed E-state index contributed by atoms with van der Waals surface area (Å²) < 4.78 is 0. The molecule has 0 saturated carbocycles. The van der Waals surface area contributed by atoms with Crippen molar-refractivity contribution in [2.75, 3.05) is 5.73 Å². The van der Waals surface area contributed by atoms with Crippen LogP contribution in [0.2, 0.25) is 0 Å². The number of carbonyl (C=O) groups is 2. The van der Waals surface area contributed by atoms with Crippen LogP contribution in [0, 0.1) is 0 Å². The van der Waals surface area contributed by atoms with Crippen molar-refractivity contribution in [2.45, 2.75) is 0 Å². The van der Waals surface area contributed by atoms with E-state index in [0.29, 0.717) is 0 Å². The summed E-state index contributed by atoms with van der Waals surface area (Å²) >= 11 is 0. The second kappa shape index (κ2) is 4.99. The summed E-state index contributed by atoms with van der Waals surface area (Å²) in [4.78, 5) is 21.0. The van der Waals surface area contributed by atoms with Gasteiger partial charge in [-0.2, -0.15) is 0 Å². The summed E-state index contributed by atoms with van der Waals surface area (Å²) in [5.74, 6) is -2.41. The van der Waals surface area contributed by atoms with Gasteiger partial charge in [-0.3, -0.25) is 0 Å². The molecule has 0 aliphatic carbocycles. The van der Waals surface area contributed by atoms with Crippen molar-refractivity contribution in [1.29, 1.82) is 0 Å². The van der Waals surface area contributed by atoms with Gasteiger partial charge in [0.2, 0.25) is 0 Å². The number of rotatable bonds is 2. The molecule has 0 spiro atoms. The number of anilines is 1. The third-order valence-corrected chi connectivity index (χ3v) is 1.53. The molecule has 0 aliphatic heterocycles. The molecule has 14 heavy (non-hydrogen) atoms. The fourth-order valence-electron chi connectivity index (χ4n) is 0.875. The van der Waals surface area contributed by atoms with E-state index in [2.05, 4.69) is 0 Å². The Morgan fingerprint density at radius 1 is 1.14 bits per heavy atom. The summed E-state index contributed by atoms with van der Waals surface area (Å²) in [6.45, 7) is 0. The van der Waals surface area contributed by atoms with E-state index in [0.717, 1.165) is 6.07 Å². The van der Waals surface area contributed by atoms with Gasteiger partial charge in [0, 0.05) is 5.69 Å². The van der Waals surface area contributed by atoms with E-state index in [9.17, 15) is 9.59 Å². The van der Waals surface area contributed by atoms with Gasteiger partial charge in [0.15, 0.2) is 0 Å². The van der Waals surface area contributed by atoms with Crippen LogP contribution in [0.1, 0.15) is 20.7 Å². The van der Waals surface area contributed by atoms with E-state index < -0.39 is 11.9 Å². The molecule has 6 heteroatoms. The van der Waals surface area contributed by atoms with Gasteiger partial charge >= 0.3 is 41.5 Å². The number of hydrogen-bond acceptors (Lipinski definition) is 3. The average Bonchev–Trinajstić information content (AvgIpc) is 2.04. The van der Waals surface area contributed by atoms with Gasteiger partial charge in [0.05, 0.1) is 11.1 Å². The van der Waals surface area contributed by atoms with E-state index in [1.807, 2.05) is 0 Å². The van der Waals surface area contributed by atoms with Gasteiger partial charge in [0.25, 0.3) is 0 Å². The quantitative estimate of drug-likeness (QED) is 0.466. The minimum atomic E-state index is -1.24. The first-order valence-electron chi connectivity index (χ1n) is 3.38. The van der Waals surface area contributed by atoms with E-state index in [4.69, 9.17) is 15.9 Å². The number of aromatic carboxylic acids is 2. The Morgan fingerprint density at radius 2 is 1.71 bits per heavy atom. The number of nitrogens with two attached hydrogens (primary N) is 1. The van der Waals surface area contributed by atoms with Crippen molar-refractivity contribution in [3.05, 3.63) is 29.3 Å². The zero-order valence-electron chi connectivity index (χ0n) is 6.52. The predicted molar refractivity (Wildman–Crippen MR) is 51.9 cm³/mol. The molecule has 5 nitrogen and oxygen atoms in total. The Kier molecular flexibility index (Phi) is 4.62. The van der Waals surface area contributed by atoms with Crippen LogP contribution in [-0.4, -0.2) is 51.7 Å². The molecule has 1 rings (SSSR count). The molecule has 0 aliphatic rings. The summed E-state index contributed by atoms with van der Waals surface area (Å²) in [5, 5.41) is 17.1. The fourth-order valence-corrected chi connectivity index (χ4v) is 0.875. The monoisotopic (exact) mass is 205 g/mol. The molecule has 0 fully saturated rings. The van der Waals surface area contributed by atoms with Crippen LogP contribution in [0.25, 0.3) is 0 Å². The van der Waals surface area contributed by atoms with Crippen LogP contribution in [0.3, 0.4) is 0 Å².